The van der Waals surface area contributed by atoms with E-state index in [1.165, 1.54) is 0 Å². The number of hydrogen-bond donors (Lipinski definition) is 2. The molecule has 0 saturated heterocycles. The van der Waals surface area contributed by atoms with E-state index in [0.717, 1.165) is 33.6 Å². The van der Waals surface area contributed by atoms with Gasteiger partial charge in [0.05, 0.1) is 24.5 Å². The largest absolute Gasteiger partial charge is 0.345 e. The molecule has 23 heavy (non-hydrogen) atoms. The molecule has 0 aliphatic rings. The topological polar surface area (TPSA) is 57.4 Å². The van der Waals surface area contributed by atoms with Gasteiger partial charge in [0, 0.05) is 5.56 Å². The van der Waals surface area contributed by atoms with E-state index in [2.05, 4.69) is 56.3 Å². The predicted octanol–water partition coefficient (Wildman–Crippen LogP) is 4.79. The quantitative estimate of drug-likeness (QED) is 0.570. The van der Waals surface area contributed by atoms with Gasteiger partial charge >= 0.3 is 0 Å². The highest BCUT2D eigenvalue weighted by Crippen LogP contribution is 2.28. The first kappa shape index (κ1) is 13.8. The minimum Gasteiger partial charge on any atom is -0.345 e. The SMILES string of the molecule is Clc1[nH]cnc1-c1ccc(-c2ccc(-c3cnc[nH]3)cc2)cc1. The van der Waals surface area contributed by atoms with Crippen LogP contribution in [0.4, 0.5) is 0 Å². The monoisotopic (exact) mass is 320 g/mol. The van der Waals surface area contributed by atoms with E-state index in [1.807, 2.05) is 18.3 Å². The van der Waals surface area contributed by atoms with Gasteiger partial charge < -0.3 is 9.97 Å². The molecule has 0 amide bonds. The van der Waals surface area contributed by atoms with Crippen LogP contribution < -0.4 is 0 Å². The van der Waals surface area contributed by atoms with Crippen molar-refractivity contribution in [2.45, 2.75) is 0 Å². The fraction of sp³-hybridized carbons (Fsp3) is 0. The molecule has 2 N–H and O–H groups in total. The molecule has 0 radical (unpaired) electrons. The van der Waals surface area contributed by atoms with Crippen molar-refractivity contribution in [3.63, 3.8) is 0 Å². The average Bonchev–Trinajstić information content (AvgIpc) is 3.27. The molecule has 0 saturated carbocycles. The lowest BCUT2D eigenvalue weighted by Gasteiger charge is -2.05. The van der Waals surface area contributed by atoms with Crippen LogP contribution in [0.15, 0.2) is 67.4 Å². The first-order chi connectivity index (χ1) is 11.3. The first-order valence-electron chi connectivity index (χ1n) is 7.20. The van der Waals surface area contributed by atoms with Crippen LogP contribution in [0, 0.1) is 0 Å². The first-order valence-corrected chi connectivity index (χ1v) is 7.57. The van der Waals surface area contributed by atoms with Crippen molar-refractivity contribution in [3.8, 4) is 33.6 Å². The summed E-state index contributed by atoms with van der Waals surface area (Å²) in [5.41, 5.74) is 6.21. The Labute approximate surface area is 138 Å². The summed E-state index contributed by atoms with van der Waals surface area (Å²) in [4.78, 5) is 14.3. The molecule has 5 heteroatoms. The van der Waals surface area contributed by atoms with E-state index in [1.54, 1.807) is 12.7 Å². The number of H-pyrrole nitrogens is 2. The Balaban J connectivity index is 1.62. The maximum absolute atomic E-state index is 6.07. The van der Waals surface area contributed by atoms with Gasteiger partial charge in [-0.15, -0.1) is 0 Å². The van der Waals surface area contributed by atoms with Crippen LogP contribution in [0.3, 0.4) is 0 Å². The number of nitrogens with zero attached hydrogens (tertiary/aromatic N) is 2. The molecule has 0 atom stereocenters. The van der Waals surface area contributed by atoms with Crippen molar-refractivity contribution >= 4 is 11.6 Å². The number of halogens is 1. The van der Waals surface area contributed by atoms with Gasteiger partial charge in [0.1, 0.15) is 10.8 Å². The number of hydrogen-bond acceptors (Lipinski definition) is 2. The molecule has 2 aromatic carbocycles. The third kappa shape index (κ3) is 2.64. The van der Waals surface area contributed by atoms with E-state index >= 15 is 0 Å². The molecule has 0 aliphatic heterocycles. The van der Waals surface area contributed by atoms with E-state index in [9.17, 15) is 0 Å². The van der Waals surface area contributed by atoms with E-state index < -0.39 is 0 Å². The molecule has 0 unspecified atom stereocenters. The summed E-state index contributed by atoms with van der Waals surface area (Å²) in [6, 6.07) is 16.6. The van der Waals surface area contributed by atoms with Crippen molar-refractivity contribution < 1.29 is 0 Å². The lowest BCUT2D eigenvalue weighted by molar-refractivity contribution is 1.31. The molecule has 2 heterocycles. The number of benzene rings is 2. The van der Waals surface area contributed by atoms with Gasteiger partial charge in [0.25, 0.3) is 0 Å². The molecule has 0 bridgehead atoms. The molecular weight excluding hydrogens is 308 g/mol. The zero-order valence-corrected chi connectivity index (χ0v) is 12.9. The number of imidazole rings is 2. The van der Waals surface area contributed by atoms with Crippen LogP contribution in [0.1, 0.15) is 0 Å². The van der Waals surface area contributed by atoms with Gasteiger partial charge in [-0.2, -0.15) is 0 Å². The van der Waals surface area contributed by atoms with E-state index in [4.69, 9.17) is 11.6 Å². The van der Waals surface area contributed by atoms with Crippen molar-refractivity contribution in [3.05, 3.63) is 72.5 Å². The van der Waals surface area contributed by atoms with Crippen LogP contribution in [0.5, 0.6) is 0 Å². The maximum atomic E-state index is 6.07. The Morgan fingerprint density at radius 3 is 1.83 bits per heavy atom. The molecule has 4 rings (SSSR count). The van der Waals surface area contributed by atoms with Crippen molar-refractivity contribution in [2.75, 3.05) is 0 Å². The van der Waals surface area contributed by atoms with Gasteiger partial charge in [-0.25, -0.2) is 9.97 Å². The minimum absolute atomic E-state index is 0.557. The molecular formula is C18H13ClN4. The molecule has 4 nitrogen and oxygen atoms in total. The van der Waals surface area contributed by atoms with Crippen molar-refractivity contribution in [2.24, 2.45) is 0 Å². The summed E-state index contributed by atoms with van der Waals surface area (Å²) >= 11 is 6.07. The third-order valence-corrected chi connectivity index (χ3v) is 4.07. The average molecular weight is 321 g/mol. The maximum Gasteiger partial charge on any atom is 0.134 e. The molecule has 2 aromatic heterocycles. The lowest BCUT2D eigenvalue weighted by atomic mass is 10.0. The summed E-state index contributed by atoms with van der Waals surface area (Å²) in [6.07, 6.45) is 5.10. The standard InChI is InChI=1S/C18H13ClN4/c19-18-17(22-11-23-18)15-7-3-13(4-8-15)12-1-5-14(6-2-12)16-9-20-10-21-16/h1-11H,(H,20,21)(H,22,23). The highest BCUT2D eigenvalue weighted by molar-refractivity contribution is 6.31. The molecule has 112 valence electrons. The fourth-order valence-electron chi connectivity index (χ4n) is 2.56. The second kappa shape index (κ2) is 5.74. The fourth-order valence-corrected chi connectivity index (χ4v) is 2.76. The summed E-state index contributed by atoms with van der Waals surface area (Å²) in [5, 5.41) is 0.557. The van der Waals surface area contributed by atoms with Gasteiger partial charge in [0.2, 0.25) is 0 Å². The highest BCUT2D eigenvalue weighted by Gasteiger charge is 2.06. The van der Waals surface area contributed by atoms with Gasteiger partial charge in [-0.1, -0.05) is 60.1 Å². The summed E-state index contributed by atoms with van der Waals surface area (Å²) < 4.78 is 0. The summed E-state index contributed by atoms with van der Waals surface area (Å²) in [5.74, 6) is 0. The highest BCUT2D eigenvalue weighted by atomic mass is 35.5. The molecule has 0 aliphatic carbocycles. The summed E-state index contributed by atoms with van der Waals surface area (Å²) in [6.45, 7) is 0. The molecule has 0 spiro atoms. The molecule has 4 aromatic rings. The number of nitrogens with one attached hydrogen (secondary N) is 2. The second-order valence-corrected chi connectivity index (χ2v) is 5.56. The van der Waals surface area contributed by atoms with Crippen LogP contribution in [0.25, 0.3) is 33.6 Å². The van der Waals surface area contributed by atoms with Crippen LogP contribution in [-0.2, 0) is 0 Å². The van der Waals surface area contributed by atoms with Gasteiger partial charge in [0.15, 0.2) is 0 Å². The zero-order chi connectivity index (χ0) is 15.6. The summed E-state index contributed by atoms with van der Waals surface area (Å²) in [7, 11) is 0. The van der Waals surface area contributed by atoms with Gasteiger partial charge in [-0.3, -0.25) is 0 Å². The molecule has 0 fully saturated rings. The zero-order valence-electron chi connectivity index (χ0n) is 12.1. The Hall–Kier alpha value is -2.85. The number of aromatic nitrogens is 4. The normalized spacial score (nSPS) is 10.8. The van der Waals surface area contributed by atoms with Crippen LogP contribution in [0.2, 0.25) is 5.15 Å². The Bertz CT molecular complexity index is 907. The number of rotatable bonds is 3. The van der Waals surface area contributed by atoms with Crippen molar-refractivity contribution in [1.82, 2.24) is 19.9 Å². The predicted molar refractivity (Wildman–Crippen MR) is 92.1 cm³/mol. The third-order valence-electron chi connectivity index (χ3n) is 3.78. The van der Waals surface area contributed by atoms with Gasteiger partial charge in [-0.05, 0) is 16.7 Å². The van der Waals surface area contributed by atoms with Crippen molar-refractivity contribution in [1.29, 1.82) is 0 Å². The smallest absolute Gasteiger partial charge is 0.134 e. The minimum atomic E-state index is 0.557. The van der Waals surface area contributed by atoms with Crippen LogP contribution in [-0.4, -0.2) is 19.9 Å². The Morgan fingerprint density at radius 1 is 0.696 bits per heavy atom. The Morgan fingerprint density at radius 2 is 1.30 bits per heavy atom. The van der Waals surface area contributed by atoms with E-state index in [-0.39, 0.29) is 0 Å². The Kier molecular flexibility index (Phi) is 3.44. The number of aromatic amines is 2. The second-order valence-electron chi connectivity index (χ2n) is 5.19. The lowest BCUT2D eigenvalue weighted by Crippen LogP contribution is -1.82. The van der Waals surface area contributed by atoms with E-state index in [0.29, 0.717) is 5.15 Å². The van der Waals surface area contributed by atoms with Crippen LogP contribution >= 0.6 is 11.6 Å².